The number of hydrogen-bond acceptors (Lipinski definition) is 4. The second-order valence-electron chi connectivity index (χ2n) is 14.4. The third-order valence-electron chi connectivity index (χ3n) is 11.6. The highest BCUT2D eigenvalue weighted by Gasteiger charge is 2.51. The summed E-state index contributed by atoms with van der Waals surface area (Å²) >= 11 is 1.76. The molecule has 1 aliphatic heterocycles. The van der Waals surface area contributed by atoms with Crippen molar-refractivity contribution in [1.82, 2.24) is 9.97 Å². The van der Waals surface area contributed by atoms with Crippen LogP contribution < -0.4 is 4.74 Å². The molecule has 12 rings (SSSR count). The van der Waals surface area contributed by atoms with Gasteiger partial charge in [0, 0.05) is 32.3 Å². The van der Waals surface area contributed by atoms with E-state index in [2.05, 4.69) is 182 Å². The van der Waals surface area contributed by atoms with Crippen molar-refractivity contribution in [3.05, 3.63) is 204 Å². The fraction of sp³-hybridized carbons (Fsp3) is 0.0196. The van der Waals surface area contributed by atoms with Gasteiger partial charge >= 0.3 is 0 Å². The van der Waals surface area contributed by atoms with Crippen molar-refractivity contribution in [1.29, 1.82) is 0 Å². The van der Waals surface area contributed by atoms with Gasteiger partial charge in [-0.15, -0.1) is 11.3 Å². The molecule has 256 valence electrons. The third-order valence-corrected chi connectivity index (χ3v) is 12.8. The lowest BCUT2D eigenvalue weighted by Gasteiger charge is -2.39. The topological polar surface area (TPSA) is 35.0 Å². The predicted molar refractivity (Wildman–Crippen MR) is 226 cm³/mol. The highest BCUT2D eigenvalue weighted by molar-refractivity contribution is 7.26. The second-order valence-corrected chi connectivity index (χ2v) is 15.5. The zero-order valence-corrected chi connectivity index (χ0v) is 30.3. The van der Waals surface area contributed by atoms with E-state index in [0.29, 0.717) is 5.82 Å². The summed E-state index contributed by atoms with van der Waals surface area (Å²) in [6, 6.07) is 65.2. The second kappa shape index (κ2) is 11.6. The van der Waals surface area contributed by atoms with Gasteiger partial charge in [-0.25, -0.2) is 9.97 Å². The zero-order chi connectivity index (χ0) is 36.1. The van der Waals surface area contributed by atoms with Gasteiger partial charge in [-0.2, -0.15) is 0 Å². The molecule has 0 saturated heterocycles. The first-order chi connectivity index (χ1) is 27.3. The molecule has 4 heteroatoms. The number of rotatable bonds is 3. The largest absolute Gasteiger partial charge is 0.457 e. The molecule has 10 aromatic rings. The van der Waals surface area contributed by atoms with Crippen LogP contribution in [0.2, 0.25) is 0 Å². The Labute approximate surface area is 321 Å². The van der Waals surface area contributed by atoms with Crippen LogP contribution in [0.4, 0.5) is 0 Å². The van der Waals surface area contributed by atoms with Crippen molar-refractivity contribution in [3.8, 4) is 56.4 Å². The quantitative estimate of drug-likeness (QED) is 0.182. The van der Waals surface area contributed by atoms with E-state index >= 15 is 0 Å². The highest BCUT2D eigenvalue weighted by atomic mass is 32.1. The van der Waals surface area contributed by atoms with Gasteiger partial charge in [-0.3, -0.25) is 0 Å². The molecule has 0 amide bonds. The van der Waals surface area contributed by atoms with E-state index in [4.69, 9.17) is 14.7 Å². The minimum atomic E-state index is -0.556. The molecular weight excluding hydrogens is 689 g/mol. The minimum absolute atomic E-state index is 0.556. The summed E-state index contributed by atoms with van der Waals surface area (Å²) in [7, 11) is 0. The molecule has 0 fully saturated rings. The summed E-state index contributed by atoms with van der Waals surface area (Å²) in [5.74, 6) is 2.46. The maximum absolute atomic E-state index is 6.76. The first-order valence-electron chi connectivity index (χ1n) is 18.7. The average Bonchev–Trinajstić information content (AvgIpc) is 3.77. The number of nitrogens with zero attached hydrogens (tertiary/aromatic N) is 2. The SMILES string of the molecule is c1ccc2c(c1)Oc1ccc(-c3nc(-c4ccc(-c5cccc6ccccc56)cc4)nc4c3sc3ccccc34)cc1C21c2ccccc2-c2ccccc21. The van der Waals surface area contributed by atoms with Crippen molar-refractivity contribution < 1.29 is 4.74 Å². The first kappa shape index (κ1) is 30.6. The average molecular weight is 719 g/mol. The standard InChI is InChI=1S/C51H30N2OS/c1-2-14-35-31(12-1)13-11-18-36(35)32-24-26-33(27-25-32)50-52-47(49-48(53-50)39-17-5-10-23-46(39)55-49)34-28-29-45-43(30-34)51(42-21-8-9-22-44(42)54-45)40-19-6-3-15-37(40)38-16-4-7-20-41(38)51/h1-30H. The lowest BCUT2D eigenvalue weighted by molar-refractivity contribution is 0.436. The Morgan fingerprint density at radius 3 is 1.85 bits per heavy atom. The van der Waals surface area contributed by atoms with Crippen LogP contribution in [-0.2, 0) is 5.41 Å². The molecule has 55 heavy (non-hydrogen) atoms. The normalized spacial score (nSPS) is 13.4. The predicted octanol–water partition coefficient (Wildman–Crippen LogP) is 13.5. The summed E-state index contributed by atoms with van der Waals surface area (Å²) < 4.78 is 9.03. The monoisotopic (exact) mass is 718 g/mol. The van der Waals surface area contributed by atoms with Crippen LogP contribution in [0.25, 0.3) is 76.0 Å². The fourth-order valence-electron chi connectivity index (χ4n) is 9.20. The molecule has 0 bridgehead atoms. The van der Waals surface area contributed by atoms with Gasteiger partial charge in [0.2, 0.25) is 0 Å². The molecule has 3 nitrogen and oxygen atoms in total. The van der Waals surface area contributed by atoms with Crippen molar-refractivity contribution in [2.45, 2.75) is 5.41 Å². The summed E-state index contributed by atoms with van der Waals surface area (Å²) in [4.78, 5) is 10.7. The molecule has 0 N–H and O–H groups in total. The van der Waals surface area contributed by atoms with Crippen molar-refractivity contribution in [2.24, 2.45) is 0 Å². The summed E-state index contributed by atoms with van der Waals surface area (Å²) in [6.07, 6.45) is 0. The van der Waals surface area contributed by atoms with Crippen LogP contribution in [0.15, 0.2) is 182 Å². The zero-order valence-electron chi connectivity index (χ0n) is 29.5. The van der Waals surface area contributed by atoms with Crippen LogP contribution in [0.5, 0.6) is 11.5 Å². The van der Waals surface area contributed by atoms with E-state index in [1.54, 1.807) is 11.3 Å². The number of thiophene rings is 1. The molecule has 0 atom stereocenters. The van der Waals surface area contributed by atoms with Gasteiger partial charge in [0.25, 0.3) is 0 Å². The smallest absolute Gasteiger partial charge is 0.160 e. The van der Waals surface area contributed by atoms with E-state index in [1.807, 2.05) is 0 Å². The Morgan fingerprint density at radius 2 is 1.04 bits per heavy atom. The van der Waals surface area contributed by atoms with E-state index in [9.17, 15) is 0 Å². The molecule has 1 spiro atoms. The van der Waals surface area contributed by atoms with Crippen LogP contribution in [0, 0.1) is 0 Å². The Hall–Kier alpha value is -6.88. The van der Waals surface area contributed by atoms with Gasteiger partial charge in [-0.1, -0.05) is 152 Å². The van der Waals surface area contributed by atoms with E-state index in [1.165, 1.54) is 48.9 Å². The Balaban J connectivity index is 1.08. The Morgan fingerprint density at radius 1 is 0.436 bits per heavy atom. The van der Waals surface area contributed by atoms with Crippen molar-refractivity contribution in [2.75, 3.05) is 0 Å². The molecule has 2 aliphatic rings. The third kappa shape index (κ3) is 4.31. The number of para-hydroxylation sites is 1. The van der Waals surface area contributed by atoms with Gasteiger partial charge in [0.15, 0.2) is 5.82 Å². The van der Waals surface area contributed by atoms with E-state index in [0.717, 1.165) is 55.0 Å². The number of ether oxygens (including phenoxy) is 1. The molecule has 1 aliphatic carbocycles. The van der Waals surface area contributed by atoms with Gasteiger partial charge in [-0.05, 0) is 74.5 Å². The maximum Gasteiger partial charge on any atom is 0.160 e. The van der Waals surface area contributed by atoms with Crippen LogP contribution >= 0.6 is 11.3 Å². The maximum atomic E-state index is 6.76. The molecule has 2 aromatic heterocycles. The molecule has 0 radical (unpaired) electrons. The lowest BCUT2D eigenvalue weighted by Crippen LogP contribution is -2.32. The minimum Gasteiger partial charge on any atom is -0.457 e. The molecule has 3 heterocycles. The number of aromatic nitrogens is 2. The van der Waals surface area contributed by atoms with E-state index < -0.39 is 5.41 Å². The number of hydrogen-bond donors (Lipinski definition) is 0. The molecular formula is C51H30N2OS. The first-order valence-corrected chi connectivity index (χ1v) is 19.5. The number of benzene rings is 8. The molecule has 0 saturated carbocycles. The van der Waals surface area contributed by atoms with Gasteiger partial charge < -0.3 is 4.74 Å². The Bertz CT molecular complexity index is 3150. The van der Waals surface area contributed by atoms with Gasteiger partial charge in [0.05, 0.1) is 21.3 Å². The summed E-state index contributed by atoms with van der Waals surface area (Å²) in [5.41, 5.74) is 13.1. The van der Waals surface area contributed by atoms with Crippen LogP contribution in [0.1, 0.15) is 22.3 Å². The van der Waals surface area contributed by atoms with Crippen LogP contribution in [-0.4, -0.2) is 9.97 Å². The summed E-state index contributed by atoms with van der Waals surface area (Å²) in [5, 5.41) is 3.62. The van der Waals surface area contributed by atoms with Crippen LogP contribution in [0.3, 0.4) is 0 Å². The van der Waals surface area contributed by atoms with Gasteiger partial charge in [0.1, 0.15) is 11.5 Å². The lowest BCUT2D eigenvalue weighted by atomic mass is 9.66. The van der Waals surface area contributed by atoms with Crippen molar-refractivity contribution in [3.63, 3.8) is 0 Å². The summed E-state index contributed by atoms with van der Waals surface area (Å²) in [6.45, 7) is 0. The Kier molecular flexibility index (Phi) is 6.42. The number of fused-ring (bicyclic) bond motifs is 13. The molecule has 8 aromatic carbocycles. The fourth-order valence-corrected chi connectivity index (χ4v) is 10.3. The van der Waals surface area contributed by atoms with Crippen molar-refractivity contribution >= 4 is 42.4 Å². The van der Waals surface area contributed by atoms with E-state index in [-0.39, 0.29) is 0 Å². The molecule has 0 unspecified atom stereocenters. The highest BCUT2D eigenvalue weighted by Crippen LogP contribution is 2.62.